The number of nitrogens with one attached hydrogen (secondary N) is 1. The second-order valence-corrected chi connectivity index (χ2v) is 7.47. The average molecular weight is 341 g/mol. The summed E-state index contributed by atoms with van der Waals surface area (Å²) in [4.78, 5) is 2.09. The molecule has 0 unspecified atom stereocenters. The standard InChI is InChI=1S/C15H20FN3O3S/c1-12(10-17)23(20,21)18-11-15(19-6-8-22-9-7-19)13-2-4-14(16)5-3-13/h2-5,12,15,18H,6-9,11H2,1H3/t12-,15-/m1/s1. The number of sulfonamides is 1. The van der Waals surface area contributed by atoms with Crippen LogP contribution in [-0.4, -0.2) is 51.4 Å². The Morgan fingerprint density at radius 2 is 1.96 bits per heavy atom. The predicted octanol–water partition coefficient (Wildman–Crippen LogP) is 1.03. The van der Waals surface area contributed by atoms with Crippen molar-refractivity contribution >= 4 is 10.0 Å². The van der Waals surface area contributed by atoms with Crippen molar-refractivity contribution in [1.29, 1.82) is 5.26 Å². The maximum Gasteiger partial charge on any atom is 0.227 e. The molecule has 0 saturated carbocycles. The molecular formula is C15H20FN3O3S. The van der Waals surface area contributed by atoms with E-state index in [2.05, 4.69) is 9.62 Å². The van der Waals surface area contributed by atoms with E-state index in [1.54, 1.807) is 18.2 Å². The minimum atomic E-state index is -3.70. The maximum atomic E-state index is 13.1. The molecule has 1 aliphatic rings. The number of halogens is 1. The first kappa shape index (κ1) is 17.8. The zero-order chi connectivity index (χ0) is 16.9. The van der Waals surface area contributed by atoms with Crippen molar-refractivity contribution in [3.8, 4) is 6.07 Å². The lowest BCUT2D eigenvalue weighted by molar-refractivity contribution is 0.0172. The van der Waals surface area contributed by atoms with E-state index in [9.17, 15) is 12.8 Å². The summed E-state index contributed by atoms with van der Waals surface area (Å²) >= 11 is 0. The second-order valence-electron chi connectivity index (χ2n) is 5.38. The monoisotopic (exact) mass is 341 g/mol. The minimum absolute atomic E-state index is 0.125. The molecule has 1 aromatic rings. The number of ether oxygens (including phenoxy) is 1. The van der Waals surface area contributed by atoms with Crippen molar-refractivity contribution in [1.82, 2.24) is 9.62 Å². The van der Waals surface area contributed by atoms with Gasteiger partial charge in [-0.3, -0.25) is 4.90 Å². The van der Waals surface area contributed by atoms with E-state index in [-0.39, 0.29) is 18.4 Å². The van der Waals surface area contributed by atoms with E-state index in [1.165, 1.54) is 19.1 Å². The van der Waals surface area contributed by atoms with E-state index in [1.807, 2.05) is 0 Å². The summed E-state index contributed by atoms with van der Waals surface area (Å²) in [6.45, 7) is 3.93. The highest BCUT2D eigenvalue weighted by Gasteiger charge is 2.26. The molecule has 1 fully saturated rings. The lowest BCUT2D eigenvalue weighted by Gasteiger charge is -2.35. The van der Waals surface area contributed by atoms with Crippen molar-refractivity contribution in [2.24, 2.45) is 0 Å². The van der Waals surface area contributed by atoms with Gasteiger partial charge in [-0.25, -0.2) is 17.5 Å². The number of benzene rings is 1. The molecule has 1 saturated heterocycles. The van der Waals surface area contributed by atoms with Gasteiger partial charge in [0.25, 0.3) is 0 Å². The summed E-state index contributed by atoms with van der Waals surface area (Å²) in [5.41, 5.74) is 0.820. The number of hydrogen-bond acceptors (Lipinski definition) is 5. The molecule has 2 rings (SSSR count). The molecule has 1 aliphatic heterocycles. The molecule has 0 radical (unpaired) electrons. The number of rotatable bonds is 6. The molecule has 0 aromatic heterocycles. The second kappa shape index (κ2) is 7.84. The van der Waals surface area contributed by atoms with Gasteiger partial charge in [-0.2, -0.15) is 5.26 Å². The minimum Gasteiger partial charge on any atom is -0.379 e. The third-order valence-electron chi connectivity index (χ3n) is 3.87. The van der Waals surface area contributed by atoms with Crippen LogP contribution < -0.4 is 4.72 Å². The van der Waals surface area contributed by atoms with Crippen molar-refractivity contribution in [3.63, 3.8) is 0 Å². The van der Waals surface area contributed by atoms with Gasteiger partial charge < -0.3 is 4.74 Å². The maximum absolute atomic E-state index is 13.1. The SMILES string of the molecule is C[C@H](C#N)S(=O)(=O)NC[C@H](c1ccc(F)cc1)N1CCOCC1. The van der Waals surface area contributed by atoms with E-state index < -0.39 is 15.3 Å². The molecular weight excluding hydrogens is 321 g/mol. The number of nitriles is 1. The van der Waals surface area contributed by atoms with Crippen molar-refractivity contribution in [2.45, 2.75) is 18.2 Å². The van der Waals surface area contributed by atoms with Crippen molar-refractivity contribution in [2.75, 3.05) is 32.8 Å². The third-order valence-corrected chi connectivity index (χ3v) is 5.47. The fraction of sp³-hybridized carbons (Fsp3) is 0.533. The van der Waals surface area contributed by atoms with Crippen LogP contribution in [0.4, 0.5) is 4.39 Å². The Hall–Kier alpha value is -1.53. The Labute approximate surface area is 135 Å². The van der Waals surface area contributed by atoms with Crippen LogP contribution >= 0.6 is 0 Å². The van der Waals surface area contributed by atoms with Gasteiger partial charge in [0.05, 0.1) is 19.3 Å². The van der Waals surface area contributed by atoms with Crippen LogP contribution in [0.3, 0.4) is 0 Å². The highest BCUT2D eigenvalue weighted by molar-refractivity contribution is 7.90. The zero-order valence-corrected chi connectivity index (χ0v) is 13.7. The largest absolute Gasteiger partial charge is 0.379 e. The zero-order valence-electron chi connectivity index (χ0n) is 12.9. The highest BCUT2D eigenvalue weighted by atomic mass is 32.2. The van der Waals surface area contributed by atoms with E-state index in [4.69, 9.17) is 10.00 Å². The van der Waals surface area contributed by atoms with Gasteiger partial charge in [0.1, 0.15) is 5.82 Å². The van der Waals surface area contributed by atoms with Gasteiger partial charge in [0.2, 0.25) is 10.0 Å². The van der Waals surface area contributed by atoms with Crippen molar-refractivity contribution in [3.05, 3.63) is 35.6 Å². The Kier molecular flexibility index (Phi) is 6.07. The van der Waals surface area contributed by atoms with Gasteiger partial charge in [-0.05, 0) is 24.6 Å². The lowest BCUT2D eigenvalue weighted by atomic mass is 10.0. The molecule has 0 bridgehead atoms. The first-order chi connectivity index (χ1) is 10.9. The molecule has 1 N–H and O–H groups in total. The number of hydrogen-bond donors (Lipinski definition) is 1. The first-order valence-electron chi connectivity index (χ1n) is 7.39. The summed E-state index contributed by atoms with van der Waals surface area (Å²) in [5, 5.41) is 7.67. The van der Waals surface area contributed by atoms with Gasteiger partial charge >= 0.3 is 0 Å². The molecule has 6 nitrogen and oxygen atoms in total. The lowest BCUT2D eigenvalue weighted by Crippen LogP contribution is -2.44. The summed E-state index contributed by atoms with van der Waals surface area (Å²) in [6.07, 6.45) is 0. The Balaban J connectivity index is 2.17. The summed E-state index contributed by atoms with van der Waals surface area (Å²) in [6, 6.07) is 7.50. The smallest absolute Gasteiger partial charge is 0.227 e. The van der Waals surface area contributed by atoms with Gasteiger partial charge in [0.15, 0.2) is 5.25 Å². The quantitative estimate of drug-likeness (QED) is 0.836. The first-order valence-corrected chi connectivity index (χ1v) is 8.94. The van der Waals surface area contributed by atoms with E-state index >= 15 is 0 Å². The highest BCUT2D eigenvalue weighted by Crippen LogP contribution is 2.22. The fourth-order valence-electron chi connectivity index (χ4n) is 2.42. The van der Waals surface area contributed by atoms with Crippen LogP contribution in [0.5, 0.6) is 0 Å². The number of nitrogens with zero attached hydrogens (tertiary/aromatic N) is 2. The summed E-state index contributed by atoms with van der Waals surface area (Å²) in [7, 11) is -3.70. The predicted molar refractivity (Wildman–Crippen MR) is 83.5 cm³/mol. The fourth-order valence-corrected chi connectivity index (χ4v) is 3.20. The Bertz CT molecular complexity index is 652. The third kappa shape index (κ3) is 4.72. The summed E-state index contributed by atoms with van der Waals surface area (Å²) < 4.78 is 44.9. The molecule has 2 atom stereocenters. The van der Waals surface area contributed by atoms with Crippen LogP contribution in [0.15, 0.2) is 24.3 Å². The Morgan fingerprint density at radius 1 is 1.35 bits per heavy atom. The number of morpholine rings is 1. The van der Waals surface area contributed by atoms with Crippen LogP contribution in [0.1, 0.15) is 18.5 Å². The van der Waals surface area contributed by atoms with E-state index in [0.29, 0.717) is 26.3 Å². The normalized spacial score (nSPS) is 19.0. The van der Waals surface area contributed by atoms with Gasteiger partial charge in [-0.1, -0.05) is 12.1 Å². The molecule has 1 aromatic carbocycles. The van der Waals surface area contributed by atoms with Crippen LogP contribution in [0.25, 0.3) is 0 Å². The van der Waals surface area contributed by atoms with Crippen LogP contribution in [-0.2, 0) is 14.8 Å². The molecule has 1 heterocycles. The van der Waals surface area contributed by atoms with Crippen molar-refractivity contribution < 1.29 is 17.5 Å². The topological polar surface area (TPSA) is 82.4 Å². The Morgan fingerprint density at radius 3 is 2.52 bits per heavy atom. The molecule has 0 amide bonds. The molecule has 0 aliphatic carbocycles. The molecule has 23 heavy (non-hydrogen) atoms. The molecule has 126 valence electrons. The molecule has 8 heteroatoms. The van der Waals surface area contributed by atoms with Crippen LogP contribution in [0.2, 0.25) is 0 Å². The van der Waals surface area contributed by atoms with Gasteiger partial charge in [0, 0.05) is 25.7 Å². The van der Waals surface area contributed by atoms with Gasteiger partial charge in [-0.15, -0.1) is 0 Å². The van der Waals surface area contributed by atoms with Crippen LogP contribution in [0, 0.1) is 17.1 Å². The van der Waals surface area contributed by atoms with E-state index in [0.717, 1.165) is 5.56 Å². The summed E-state index contributed by atoms with van der Waals surface area (Å²) in [5.74, 6) is -0.340. The molecule has 0 spiro atoms. The average Bonchev–Trinajstić information content (AvgIpc) is 2.56.